The second-order valence-electron chi connectivity index (χ2n) is 6.90. The molecule has 0 bridgehead atoms. The lowest BCUT2D eigenvalue weighted by atomic mass is 9.96. The summed E-state index contributed by atoms with van der Waals surface area (Å²) in [5, 5.41) is 4.85. The average Bonchev–Trinajstić information content (AvgIpc) is 3.21. The summed E-state index contributed by atoms with van der Waals surface area (Å²) < 4.78 is 8.74. The Morgan fingerprint density at radius 1 is 1.30 bits per heavy atom. The third-order valence-electron chi connectivity index (χ3n) is 5.19. The number of carbonyl (C=O) groups is 1. The minimum absolute atomic E-state index is 0.249. The van der Waals surface area contributed by atoms with Crippen LogP contribution in [0.2, 0.25) is 5.02 Å². The number of aryl methyl sites for hydroxylation is 1. The molecule has 3 aromatic rings. The van der Waals surface area contributed by atoms with Crippen molar-refractivity contribution in [3.8, 4) is 0 Å². The normalized spacial score (nSPS) is 16.4. The van der Waals surface area contributed by atoms with E-state index >= 15 is 0 Å². The van der Waals surface area contributed by atoms with Crippen LogP contribution in [0.5, 0.6) is 0 Å². The highest BCUT2D eigenvalue weighted by Crippen LogP contribution is 2.32. The maximum absolute atomic E-state index is 13.4. The van der Waals surface area contributed by atoms with Crippen molar-refractivity contribution in [2.24, 2.45) is 12.0 Å². The van der Waals surface area contributed by atoms with Crippen LogP contribution in [0.15, 0.2) is 51.5 Å². The highest BCUT2D eigenvalue weighted by atomic mass is 35.5. The van der Waals surface area contributed by atoms with Gasteiger partial charge in [-0.15, -0.1) is 0 Å². The minimum atomic E-state index is -0.671. The Labute approximate surface area is 181 Å². The van der Waals surface area contributed by atoms with Gasteiger partial charge in [0.1, 0.15) is 6.04 Å². The number of methoxy groups -OCH3 is 1. The lowest BCUT2D eigenvalue weighted by Crippen LogP contribution is -2.40. The molecule has 1 aliphatic rings. The first-order chi connectivity index (χ1) is 14.3. The third kappa shape index (κ3) is 3.22. The molecular weight excluding hydrogens is 424 g/mol. The largest absolute Gasteiger partial charge is 0.466 e. The van der Waals surface area contributed by atoms with Gasteiger partial charge in [0.05, 0.1) is 29.1 Å². The van der Waals surface area contributed by atoms with Crippen molar-refractivity contribution in [3.05, 3.63) is 83.3 Å². The van der Waals surface area contributed by atoms with Gasteiger partial charge in [0.25, 0.3) is 5.56 Å². The molecule has 0 radical (unpaired) electrons. The molecule has 1 unspecified atom stereocenters. The standard InChI is InChI=1S/C21H19ClN4O3S/c1-11-17(20(28)29-4)18(14-10-23-25(3)12(14)2)26-19(27)16(30-21(26)24-11)9-13-7-5-6-8-15(13)22/h5-10,18H,1-4H3. The Balaban J connectivity index is 2.02. The van der Waals surface area contributed by atoms with Gasteiger partial charge in [-0.05, 0) is 31.6 Å². The van der Waals surface area contributed by atoms with Crippen molar-refractivity contribution in [2.45, 2.75) is 19.9 Å². The summed E-state index contributed by atoms with van der Waals surface area (Å²) in [4.78, 5) is 31.1. The number of nitrogens with zero attached hydrogens (tertiary/aromatic N) is 4. The van der Waals surface area contributed by atoms with Gasteiger partial charge in [0, 0.05) is 23.3 Å². The molecule has 30 heavy (non-hydrogen) atoms. The highest BCUT2D eigenvalue weighted by molar-refractivity contribution is 7.07. The molecule has 1 aliphatic heterocycles. The van der Waals surface area contributed by atoms with E-state index in [1.54, 1.807) is 29.9 Å². The molecule has 2 aromatic heterocycles. The monoisotopic (exact) mass is 442 g/mol. The van der Waals surface area contributed by atoms with Gasteiger partial charge in [-0.25, -0.2) is 9.79 Å². The van der Waals surface area contributed by atoms with Crippen LogP contribution in [0.4, 0.5) is 0 Å². The van der Waals surface area contributed by atoms with E-state index < -0.39 is 12.0 Å². The van der Waals surface area contributed by atoms with Crippen LogP contribution >= 0.6 is 22.9 Å². The topological polar surface area (TPSA) is 78.5 Å². The van der Waals surface area contributed by atoms with Gasteiger partial charge in [-0.2, -0.15) is 5.10 Å². The Bertz CT molecular complexity index is 1380. The summed E-state index contributed by atoms with van der Waals surface area (Å²) in [6, 6.07) is 6.63. The van der Waals surface area contributed by atoms with E-state index in [9.17, 15) is 9.59 Å². The summed E-state index contributed by atoms with van der Waals surface area (Å²) in [5.41, 5.74) is 2.92. The second kappa shape index (κ2) is 7.70. The van der Waals surface area contributed by atoms with Crippen LogP contribution in [0, 0.1) is 6.92 Å². The van der Waals surface area contributed by atoms with Crippen molar-refractivity contribution in [2.75, 3.05) is 7.11 Å². The molecule has 4 rings (SSSR count). The van der Waals surface area contributed by atoms with Gasteiger partial charge in [-0.1, -0.05) is 41.1 Å². The molecule has 0 amide bonds. The van der Waals surface area contributed by atoms with Gasteiger partial charge >= 0.3 is 5.97 Å². The summed E-state index contributed by atoms with van der Waals surface area (Å²) in [6.45, 7) is 3.64. The summed E-state index contributed by atoms with van der Waals surface area (Å²) >= 11 is 7.53. The number of rotatable bonds is 3. The number of hydrogen-bond donors (Lipinski definition) is 0. The molecule has 1 atom stereocenters. The fraction of sp³-hybridized carbons (Fsp3) is 0.238. The molecule has 0 saturated heterocycles. The van der Waals surface area contributed by atoms with Crippen LogP contribution < -0.4 is 14.9 Å². The van der Waals surface area contributed by atoms with Crippen molar-refractivity contribution < 1.29 is 9.53 Å². The van der Waals surface area contributed by atoms with E-state index in [1.165, 1.54) is 23.0 Å². The molecule has 0 fully saturated rings. The fourth-order valence-electron chi connectivity index (χ4n) is 3.50. The number of hydrogen-bond acceptors (Lipinski definition) is 6. The second-order valence-corrected chi connectivity index (χ2v) is 8.32. The molecule has 0 spiro atoms. The van der Waals surface area contributed by atoms with Crippen LogP contribution in [0.1, 0.15) is 29.8 Å². The Hall–Kier alpha value is -2.97. The first-order valence-electron chi connectivity index (χ1n) is 9.17. The SMILES string of the molecule is COC(=O)C1=C(C)N=c2sc(=Cc3ccccc3Cl)c(=O)n2C1c1cnn(C)c1C. The number of benzene rings is 1. The van der Waals surface area contributed by atoms with Crippen molar-refractivity contribution in [3.63, 3.8) is 0 Å². The van der Waals surface area contributed by atoms with Crippen molar-refractivity contribution >= 4 is 35.0 Å². The predicted octanol–water partition coefficient (Wildman–Crippen LogP) is 2.10. The highest BCUT2D eigenvalue weighted by Gasteiger charge is 2.34. The lowest BCUT2D eigenvalue weighted by molar-refractivity contribution is -0.136. The van der Waals surface area contributed by atoms with Gasteiger partial charge < -0.3 is 4.74 Å². The van der Waals surface area contributed by atoms with Crippen molar-refractivity contribution in [1.29, 1.82) is 0 Å². The smallest absolute Gasteiger partial charge is 0.338 e. The maximum atomic E-state index is 13.4. The van der Waals surface area contributed by atoms with Crippen molar-refractivity contribution in [1.82, 2.24) is 14.3 Å². The lowest BCUT2D eigenvalue weighted by Gasteiger charge is -2.23. The van der Waals surface area contributed by atoms with Crippen LogP contribution in [-0.2, 0) is 16.6 Å². The fourth-order valence-corrected chi connectivity index (χ4v) is 4.73. The van der Waals surface area contributed by atoms with Crippen LogP contribution in [0.25, 0.3) is 6.08 Å². The minimum Gasteiger partial charge on any atom is -0.466 e. The molecule has 7 nitrogen and oxygen atoms in total. The zero-order chi connectivity index (χ0) is 21.6. The number of carbonyl (C=O) groups excluding carboxylic acids is 1. The van der Waals surface area contributed by atoms with E-state index in [4.69, 9.17) is 16.3 Å². The molecule has 154 valence electrons. The first-order valence-corrected chi connectivity index (χ1v) is 10.4. The summed E-state index contributed by atoms with van der Waals surface area (Å²) in [7, 11) is 3.13. The number of fused-ring (bicyclic) bond motifs is 1. The number of allylic oxidation sites excluding steroid dienone is 1. The number of aromatic nitrogens is 3. The first kappa shape index (κ1) is 20.3. The van der Waals surface area contributed by atoms with E-state index in [-0.39, 0.29) is 5.56 Å². The van der Waals surface area contributed by atoms with E-state index in [0.29, 0.717) is 25.6 Å². The molecule has 0 aliphatic carbocycles. The maximum Gasteiger partial charge on any atom is 0.338 e. The van der Waals surface area contributed by atoms with Crippen LogP contribution in [0.3, 0.4) is 0 Å². The Morgan fingerprint density at radius 2 is 2.03 bits per heavy atom. The van der Waals surface area contributed by atoms with Gasteiger partial charge in [0.15, 0.2) is 4.80 Å². The summed E-state index contributed by atoms with van der Waals surface area (Å²) in [6.07, 6.45) is 3.42. The Kier molecular flexibility index (Phi) is 5.21. The van der Waals surface area contributed by atoms with Gasteiger partial charge in [-0.3, -0.25) is 14.0 Å². The summed E-state index contributed by atoms with van der Waals surface area (Å²) in [5.74, 6) is -0.523. The van der Waals surface area contributed by atoms with Crippen LogP contribution in [-0.4, -0.2) is 27.4 Å². The third-order valence-corrected chi connectivity index (χ3v) is 6.51. The zero-order valence-electron chi connectivity index (χ0n) is 16.8. The van der Waals surface area contributed by atoms with E-state index in [1.807, 2.05) is 32.2 Å². The molecular formula is C21H19ClN4O3S. The average molecular weight is 443 g/mol. The quantitative estimate of drug-likeness (QED) is 0.582. The van der Waals surface area contributed by atoms with E-state index in [0.717, 1.165) is 16.8 Å². The zero-order valence-corrected chi connectivity index (χ0v) is 18.4. The number of halogens is 1. The number of thiazole rings is 1. The number of ether oxygens (including phenoxy) is 1. The molecule has 3 heterocycles. The molecule has 9 heteroatoms. The predicted molar refractivity (Wildman–Crippen MR) is 115 cm³/mol. The Morgan fingerprint density at radius 3 is 2.67 bits per heavy atom. The van der Waals surface area contributed by atoms with E-state index in [2.05, 4.69) is 10.1 Å². The van der Waals surface area contributed by atoms with Gasteiger partial charge in [0.2, 0.25) is 0 Å². The number of esters is 1. The molecule has 0 saturated carbocycles. The molecule has 0 N–H and O–H groups in total. The molecule has 1 aromatic carbocycles.